The minimum Gasteiger partial charge on any atom is -0.330 e. The first kappa shape index (κ1) is 20.6. The number of alkyl halides is 1. The van der Waals surface area contributed by atoms with Crippen LogP contribution in [0.25, 0.3) is 0 Å². The van der Waals surface area contributed by atoms with E-state index in [0.29, 0.717) is 19.2 Å². The van der Waals surface area contributed by atoms with Crippen LogP contribution < -0.4 is 5.73 Å². The van der Waals surface area contributed by atoms with Crippen molar-refractivity contribution in [1.29, 1.82) is 0 Å². The van der Waals surface area contributed by atoms with E-state index in [1.807, 2.05) is 0 Å². The van der Waals surface area contributed by atoms with E-state index in [1.165, 1.54) is 12.0 Å². The predicted molar refractivity (Wildman–Crippen MR) is 78.4 cm³/mol. The minimum atomic E-state index is -0.676. The molecule has 1 atom stereocenters. The fraction of sp³-hybridized carbons (Fsp3) is 0.538. The summed E-state index contributed by atoms with van der Waals surface area (Å²) in [6, 6.07) is 0. The summed E-state index contributed by atoms with van der Waals surface area (Å²) in [5.74, 6) is 0.174. The predicted octanol–water partition coefficient (Wildman–Crippen LogP) is 3.85. The number of halogens is 2. The van der Waals surface area contributed by atoms with Gasteiger partial charge in [-0.15, -0.1) is 0 Å². The summed E-state index contributed by atoms with van der Waals surface area (Å²) in [7, 11) is 0.500. The van der Waals surface area contributed by atoms with Crippen LogP contribution in [0.1, 0.15) is 19.8 Å². The van der Waals surface area contributed by atoms with E-state index >= 15 is 0 Å². The van der Waals surface area contributed by atoms with Gasteiger partial charge in [-0.05, 0) is 29.4 Å². The van der Waals surface area contributed by atoms with Gasteiger partial charge in [0.25, 0.3) is 0 Å². The average molecular weight is 295 g/mol. The molecule has 0 spiro atoms. The summed E-state index contributed by atoms with van der Waals surface area (Å²) >= 11 is 0.514. The lowest BCUT2D eigenvalue weighted by atomic mass is 10.1. The Morgan fingerprint density at radius 3 is 2.53 bits per heavy atom. The molecule has 0 aromatic heterocycles. The van der Waals surface area contributed by atoms with E-state index in [1.54, 1.807) is 0 Å². The molecule has 0 radical (unpaired) electrons. The summed E-state index contributed by atoms with van der Waals surface area (Å²) in [6.07, 6.45) is 12.3. The summed E-state index contributed by atoms with van der Waals surface area (Å²) < 4.78 is 28.8. The number of rotatable bonds is 5. The zero-order chi connectivity index (χ0) is 14.9. The first-order valence-corrected chi connectivity index (χ1v) is 6.85. The lowest BCUT2D eigenvalue weighted by molar-refractivity contribution is -0.166. The Morgan fingerprint density at radius 2 is 2.11 bits per heavy atom. The van der Waals surface area contributed by atoms with Crippen molar-refractivity contribution >= 4 is 12.0 Å². The van der Waals surface area contributed by atoms with Gasteiger partial charge in [-0.3, -0.25) is 4.39 Å². The van der Waals surface area contributed by atoms with Gasteiger partial charge < -0.3 is 10.3 Å². The van der Waals surface area contributed by atoms with Crippen LogP contribution in [0.3, 0.4) is 0 Å². The van der Waals surface area contributed by atoms with Crippen molar-refractivity contribution in [3.05, 3.63) is 36.0 Å². The first-order chi connectivity index (χ1) is 9.28. The van der Waals surface area contributed by atoms with Gasteiger partial charge in [0.1, 0.15) is 6.10 Å². The maximum Gasteiger partial charge on any atom is 0.122 e. The second-order valence-electron chi connectivity index (χ2n) is 3.44. The van der Waals surface area contributed by atoms with Gasteiger partial charge in [-0.1, -0.05) is 42.9 Å². The highest BCUT2D eigenvalue weighted by Crippen LogP contribution is 2.09. The van der Waals surface area contributed by atoms with Crippen LogP contribution >= 0.6 is 12.0 Å². The van der Waals surface area contributed by atoms with Gasteiger partial charge in [0.05, 0.1) is 12.9 Å². The van der Waals surface area contributed by atoms with Crippen LogP contribution in [0.2, 0.25) is 0 Å². The Kier molecular flexibility index (Phi) is 18.8. The van der Waals surface area contributed by atoms with E-state index in [2.05, 4.69) is 42.2 Å². The fourth-order valence-electron chi connectivity index (χ4n) is 1.10. The molecule has 0 fully saturated rings. The lowest BCUT2D eigenvalue weighted by Crippen LogP contribution is -2.23. The number of hydrogen-bond donors (Lipinski definition) is 2. The summed E-state index contributed by atoms with van der Waals surface area (Å²) in [4.78, 5) is 3.33. The van der Waals surface area contributed by atoms with Crippen LogP contribution in [0, 0.1) is 0 Å². The van der Waals surface area contributed by atoms with Gasteiger partial charge in [-0.2, -0.15) is 4.94 Å². The zero-order valence-electron chi connectivity index (χ0n) is 11.4. The van der Waals surface area contributed by atoms with Crippen molar-refractivity contribution < 1.29 is 18.4 Å². The quantitative estimate of drug-likeness (QED) is 0.757. The molecule has 1 rings (SSSR count). The molecule has 3 nitrogen and oxygen atoms in total. The largest absolute Gasteiger partial charge is 0.330 e. The number of hydrogen-bond acceptors (Lipinski definition) is 4. The smallest absolute Gasteiger partial charge is 0.122 e. The Morgan fingerprint density at radius 1 is 1.42 bits per heavy atom. The molecular formula is C13H23F2NO2S. The molecule has 1 aliphatic carbocycles. The van der Waals surface area contributed by atoms with E-state index in [0.717, 1.165) is 6.42 Å². The molecule has 0 amide bonds. The molecule has 112 valence electrons. The third-order valence-electron chi connectivity index (χ3n) is 2.17. The van der Waals surface area contributed by atoms with Crippen LogP contribution in [0.5, 0.6) is 0 Å². The Balaban J connectivity index is 0. The van der Waals surface area contributed by atoms with Crippen molar-refractivity contribution in [3.8, 4) is 0 Å². The Labute approximate surface area is 118 Å². The molecule has 6 heteroatoms. The summed E-state index contributed by atoms with van der Waals surface area (Å²) in [5.41, 5.74) is 6.49. The maximum atomic E-state index is 11.1. The van der Waals surface area contributed by atoms with Crippen molar-refractivity contribution in [1.82, 2.24) is 0 Å². The van der Waals surface area contributed by atoms with Gasteiger partial charge in [-0.25, -0.2) is 0 Å². The van der Waals surface area contributed by atoms with E-state index < -0.39 is 6.10 Å². The molecule has 0 aromatic rings. The van der Waals surface area contributed by atoms with E-state index in [-0.39, 0.29) is 12.3 Å². The standard InChI is InChI=1S/C9H12.C3H8FNO2S.CH3F/c1-2-9-7-5-3-4-6-8-9;4-7-3(1-5)2-8-6;1-2/h3-7H,2,8H2,1H3;3,6H,1-2,5H2;1H3. The van der Waals surface area contributed by atoms with E-state index in [4.69, 9.17) is 10.3 Å². The highest BCUT2D eigenvalue weighted by atomic mass is 32.2. The molecule has 1 unspecified atom stereocenters. The van der Waals surface area contributed by atoms with Gasteiger partial charge in [0.15, 0.2) is 0 Å². The monoisotopic (exact) mass is 295 g/mol. The highest BCUT2D eigenvalue weighted by molar-refractivity contribution is 7.93. The third kappa shape index (κ3) is 13.5. The molecule has 0 bridgehead atoms. The van der Waals surface area contributed by atoms with Crippen molar-refractivity contribution in [3.63, 3.8) is 0 Å². The molecule has 0 saturated carbocycles. The van der Waals surface area contributed by atoms with Crippen molar-refractivity contribution in [2.45, 2.75) is 25.9 Å². The van der Waals surface area contributed by atoms with Crippen molar-refractivity contribution in [2.75, 3.05) is 19.5 Å². The summed E-state index contributed by atoms with van der Waals surface area (Å²) in [5, 5.41) is 0. The SMILES string of the molecule is CCC1=CC=CC=CC1.CF.NCC(CSO)OF. The molecule has 0 saturated heterocycles. The highest BCUT2D eigenvalue weighted by Gasteiger charge is 2.05. The molecular weight excluding hydrogens is 272 g/mol. The van der Waals surface area contributed by atoms with Crippen LogP contribution in [-0.4, -0.2) is 30.1 Å². The minimum absolute atomic E-state index is 0.0874. The average Bonchev–Trinajstić information content (AvgIpc) is 2.76. The van der Waals surface area contributed by atoms with Gasteiger partial charge >= 0.3 is 0 Å². The zero-order valence-corrected chi connectivity index (χ0v) is 12.2. The number of nitrogens with two attached hydrogens (primary N) is 1. The Bertz CT molecular complexity index is 267. The van der Waals surface area contributed by atoms with Gasteiger partial charge in [0.2, 0.25) is 0 Å². The lowest BCUT2D eigenvalue weighted by Gasteiger charge is -2.03. The molecule has 19 heavy (non-hydrogen) atoms. The van der Waals surface area contributed by atoms with Crippen LogP contribution in [0.4, 0.5) is 8.92 Å². The fourth-order valence-corrected chi connectivity index (χ4v) is 1.45. The van der Waals surface area contributed by atoms with Crippen molar-refractivity contribution in [2.24, 2.45) is 5.73 Å². The third-order valence-corrected chi connectivity index (χ3v) is 2.69. The maximum absolute atomic E-state index is 11.1. The second kappa shape index (κ2) is 17.3. The summed E-state index contributed by atoms with van der Waals surface area (Å²) in [6.45, 7) is 2.28. The second-order valence-corrected chi connectivity index (χ2v) is 4.03. The van der Waals surface area contributed by atoms with Crippen LogP contribution in [-0.2, 0) is 4.94 Å². The number of allylic oxidation sites excluding steroid dienone is 6. The van der Waals surface area contributed by atoms with Gasteiger partial charge in [0, 0.05) is 6.54 Å². The normalized spacial score (nSPS) is 14.3. The van der Waals surface area contributed by atoms with E-state index in [9.17, 15) is 8.92 Å². The molecule has 0 aromatic carbocycles. The molecule has 0 heterocycles. The topological polar surface area (TPSA) is 55.5 Å². The van der Waals surface area contributed by atoms with Crippen LogP contribution in [0.15, 0.2) is 36.0 Å². The first-order valence-electron chi connectivity index (χ1n) is 5.91. The molecule has 1 aliphatic rings. The molecule has 3 N–H and O–H groups in total. The molecule has 0 aliphatic heterocycles. The Hall–Kier alpha value is -0.690.